The molecule has 0 bridgehead atoms. The summed E-state index contributed by atoms with van der Waals surface area (Å²) in [6.45, 7) is 2.31. The van der Waals surface area contributed by atoms with Crippen LogP contribution in [0.5, 0.6) is 0 Å². The van der Waals surface area contributed by atoms with Crippen LogP contribution in [0.15, 0.2) is 54.9 Å². The second kappa shape index (κ2) is 13.6. The van der Waals surface area contributed by atoms with E-state index in [1.807, 2.05) is 32.2 Å². The molecule has 1 atom stereocenters. The number of benzene rings is 2. The molecule has 250 valence electrons. The summed E-state index contributed by atoms with van der Waals surface area (Å²) in [6, 6.07) is 10.5. The van der Waals surface area contributed by atoms with Crippen LogP contribution < -0.4 is 10.6 Å². The number of amides is 2. The van der Waals surface area contributed by atoms with Crippen molar-refractivity contribution in [3.63, 3.8) is 0 Å². The molecule has 3 N–H and O–H groups in total. The third-order valence-electron chi connectivity index (χ3n) is 7.33. The second-order valence-corrected chi connectivity index (χ2v) is 12.6. The van der Waals surface area contributed by atoms with Gasteiger partial charge in [-0.3, -0.25) is 15.1 Å². The van der Waals surface area contributed by atoms with E-state index in [2.05, 4.69) is 10.4 Å². The molecule has 0 saturated heterocycles. The third-order valence-corrected chi connectivity index (χ3v) is 7.66. The molecule has 0 spiro atoms. The van der Waals surface area contributed by atoms with Crippen LogP contribution in [0.1, 0.15) is 67.7 Å². The highest BCUT2D eigenvalue weighted by molar-refractivity contribution is 6.31. The lowest BCUT2D eigenvalue weighted by molar-refractivity contribution is -0.164. The Hall–Kier alpha value is -4.71. The molecule has 10 nitrogen and oxygen atoms in total. The number of alkyl carbamates (subject to hydrolysis) is 1. The maximum Gasteiger partial charge on any atom is 0.411 e. The lowest BCUT2D eigenvalue weighted by atomic mass is 9.97. The van der Waals surface area contributed by atoms with Gasteiger partial charge in [-0.25, -0.2) is 9.48 Å². The van der Waals surface area contributed by atoms with Gasteiger partial charge in [-0.15, -0.1) is 0 Å². The number of ether oxygens (including phenoxy) is 1. The summed E-state index contributed by atoms with van der Waals surface area (Å²) < 4.78 is 72.2. The van der Waals surface area contributed by atoms with Crippen molar-refractivity contribution < 1.29 is 36.3 Å². The van der Waals surface area contributed by atoms with E-state index < -0.39 is 48.9 Å². The van der Waals surface area contributed by atoms with Crippen LogP contribution in [0.4, 0.5) is 26.7 Å². The van der Waals surface area contributed by atoms with Gasteiger partial charge in [0, 0.05) is 23.9 Å². The standard InChI is InChI=1S/C31H31ClF5N7O3/c1-29(2,3)17-40-27(39)44(25(45)19-6-4-18(5-7-19)22-14-41-43(15-22)26(33)34)24(20-8-9-23(32)21(12-20)13-38)16-47-28(46)42-30(10-11-30)31(35,36)37/h4-9,12,14-15,24,26H,10-11,16-17H2,1-3H3,(H2,39,40)(H,42,46)/t24-/m1/s1. The van der Waals surface area contributed by atoms with Gasteiger partial charge in [-0.2, -0.15) is 32.3 Å². The summed E-state index contributed by atoms with van der Waals surface area (Å²) in [4.78, 5) is 27.7. The molecule has 0 radical (unpaired) electrons. The smallest absolute Gasteiger partial charge is 0.411 e. The van der Waals surface area contributed by atoms with Crippen LogP contribution in [0.3, 0.4) is 0 Å². The monoisotopic (exact) mass is 679 g/mol. The van der Waals surface area contributed by atoms with Gasteiger partial charge in [0.05, 0.1) is 22.8 Å². The van der Waals surface area contributed by atoms with Gasteiger partial charge in [0.25, 0.3) is 5.91 Å². The first-order valence-electron chi connectivity index (χ1n) is 14.2. The fourth-order valence-electron chi connectivity index (χ4n) is 4.52. The van der Waals surface area contributed by atoms with Crippen molar-refractivity contribution in [2.24, 2.45) is 5.41 Å². The molecule has 4 rings (SSSR count). The Morgan fingerprint density at radius 2 is 1.81 bits per heavy atom. The Bertz CT molecular complexity index is 1680. The van der Waals surface area contributed by atoms with Gasteiger partial charge in [-0.05, 0) is 53.6 Å². The van der Waals surface area contributed by atoms with Gasteiger partial charge >= 0.3 is 18.8 Å². The van der Waals surface area contributed by atoms with Gasteiger partial charge in [0.2, 0.25) is 0 Å². The number of alkyl halides is 5. The van der Waals surface area contributed by atoms with Crippen molar-refractivity contribution in [2.75, 3.05) is 13.2 Å². The number of halogens is 6. The van der Waals surface area contributed by atoms with Crippen LogP contribution in [0, 0.1) is 22.2 Å². The van der Waals surface area contributed by atoms with Crippen LogP contribution in [0.2, 0.25) is 5.02 Å². The van der Waals surface area contributed by atoms with Crippen molar-refractivity contribution in [1.82, 2.24) is 25.3 Å². The summed E-state index contributed by atoms with van der Waals surface area (Å²) in [5.41, 5.74) is -1.71. The van der Waals surface area contributed by atoms with Crippen molar-refractivity contribution >= 4 is 29.6 Å². The Morgan fingerprint density at radius 3 is 2.34 bits per heavy atom. The lowest BCUT2D eigenvalue weighted by Crippen LogP contribution is -2.51. The minimum atomic E-state index is -4.70. The molecular weight excluding hydrogens is 649 g/mol. The van der Waals surface area contributed by atoms with Crippen molar-refractivity contribution in [3.05, 3.63) is 76.6 Å². The first-order valence-corrected chi connectivity index (χ1v) is 14.6. The highest BCUT2D eigenvalue weighted by atomic mass is 35.5. The number of hydrogen-bond acceptors (Lipinski definition) is 6. The molecule has 16 heteroatoms. The minimum Gasteiger partial charge on any atom is -0.447 e. The van der Waals surface area contributed by atoms with E-state index in [-0.39, 0.29) is 46.5 Å². The van der Waals surface area contributed by atoms with E-state index in [1.54, 1.807) is 0 Å². The van der Waals surface area contributed by atoms with E-state index >= 15 is 0 Å². The number of nitrogens with one attached hydrogen (secondary N) is 3. The summed E-state index contributed by atoms with van der Waals surface area (Å²) in [6.07, 6.45) is -4.34. The van der Waals surface area contributed by atoms with Gasteiger partial charge in [0.1, 0.15) is 18.2 Å². The number of aromatic nitrogens is 2. The van der Waals surface area contributed by atoms with E-state index in [0.717, 1.165) is 11.1 Å². The molecule has 1 aliphatic carbocycles. The fraction of sp³-hybridized carbons (Fsp3) is 0.387. The quantitative estimate of drug-likeness (QED) is 0.126. The molecule has 1 aromatic heterocycles. The first-order chi connectivity index (χ1) is 21.9. The second-order valence-electron chi connectivity index (χ2n) is 12.2. The van der Waals surface area contributed by atoms with E-state index in [9.17, 15) is 36.8 Å². The highest BCUT2D eigenvalue weighted by Crippen LogP contribution is 2.49. The van der Waals surface area contributed by atoms with Crippen molar-refractivity contribution in [3.8, 4) is 17.2 Å². The number of carbonyl (C=O) groups is 2. The molecule has 0 unspecified atom stereocenters. The summed E-state index contributed by atoms with van der Waals surface area (Å²) in [5.74, 6) is -1.20. The van der Waals surface area contributed by atoms with Crippen LogP contribution in [-0.4, -0.2) is 57.5 Å². The average molecular weight is 680 g/mol. The molecule has 2 aromatic carbocycles. The average Bonchev–Trinajstić information content (AvgIpc) is 3.62. The number of rotatable bonds is 9. The molecule has 3 aromatic rings. The van der Waals surface area contributed by atoms with Crippen LogP contribution in [0.25, 0.3) is 11.1 Å². The molecule has 0 aliphatic heterocycles. The summed E-state index contributed by atoms with van der Waals surface area (Å²) >= 11 is 6.13. The molecule has 1 heterocycles. The normalized spacial score (nSPS) is 14.6. The number of carbonyl (C=O) groups excluding carboxylic acids is 2. The number of nitriles is 1. The zero-order chi connectivity index (χ0) is 34.7. The van der Waals surface area contributed by atoms with Gasteiger partial charge < -0.3 is 15.4 Å². The molecule has 47 heavy (non-hydrogen) atoms. The van der Waals surface area contributed by atoms with Crippen LogP contribution in [-0.2, 0) is 4.74 Å². The van der Waals surface area contributed by atoms with Gasteiger partial charge in [-0.1, -0.05) is 50.6 Å². The highest BCUT2D eigenvalue weighted by Gasteiger charge is 2.64. The molecular formula is C31H31ClF5N7O3. The summed E-state index contributed by atoms with van der Waals surface area (Å²) in [7, 11) is 0. The fourth-order valence-corrected chi connectivity index (χ4v) is 4.68. The first kappa shape index (κ1) is 35.1. The van der Waals surface area contributed by atoms with Crippen LogP contribution >= 0.6 is 11.6 Å². The zero-order valence-electron chi connectivity index (χ0n) is 25.5. The molecule has 1 aliphatic rings. The number of guanidine groups is 1. The zero-order valence-corrected chi connectivity index (χ0v) is 26.2. The topological polar surface area (TPSA) is 136 Å². The van der Waals surface area contributed by atoms with Crippen molar-refractivity contribution in [2.45, 2.75) is 57.9 Å². The lowest BCUT2D eigenvalue weighted by Gasteiger charge is -2.34. The predicted molar refractivity (Wildman–Crippen MR) is 162 cm³/mol. The van der Waals surface area contributed by atoms with E-state index in [1.165, 1.54) is 48.7 Å². The SMILES string of the molecule is CC(C)(C)CNC(=N)N(C(=O)c1ccc(-c2cnn(C(F)F)c2)cc1)[C@H](COC(=O)NC1(C(F)(F)F)CC1)c1ccc(Cl)c(C#N)c1. The Kier molecular flexibility index (Phi) is 10.1. The van der Waals surface area contributed by atoms with Crippen molar-refractivity contribution in [1.29, 1.82) is 10.7 Å². The van der Waals surface area contributed by atoms with E-state index in [0.29, 0.717) is 15.8 Å². The summed E-state index contributed by atoms with van der Waals surface area (Å²) in [5, 5.41) is 26.9. The Balaban J connectivity index is 1.71. The molecule has 2 amide bonds. The molecule has 1 saturated carbocycles. The van der Waals surface area contributed by atoms with E-state index in [4.69, 9.17) is 21.7 Å². The Morgan fingerprint density at radius 1 is 1.15 bits per heavy atom. The maximum atomic E-state index is 14.1. The number of nitrogens with zero attached hydrogens (tertiary/aromatic N) is 4. The largest absolute Gasteiger partial charge is 0.447 e. The maximum absolute atomic E-state index is 14.1. The van der Waals surface area contributed by atoms with Gasteiger partial charge in [0.15, 0.2) is 5.96 Å². The Labute approximate surface area is 271 Å². The minimum absolute atomic E-state index is 0.00269. The molecule has 1 fully saturated rings. The predicted octanol–water partition coefficient (Wildman–Crippen LogP) is 7.05. The third kappa shape index (κ3) is 8.37. The number of hydrogen-bond donors (Lipinski definition) is 3.